The fraction of sp³-hybridized carbons (Fsp3) is 0.333. The minimum absolute atomic E-state index is 0.0201. The number of amides is 2. The molecule has 0 heterocycles. The summed E-state index contributed by atoms with van der Waals surface area (Å²) in [6.45, 7) is 1.11. The van der Waals surface area contributed by atoms with Gasteiger partial charge in [-0.05, 0) is 61.7 Å². The zero-order valence-corrected chi connectivity index (χ0v) is 25.3. The topological polar surface area (TPSA) is 96.0 Å². The molecule has 218 valence electrons. The van der Waals surface area contributed by atoms with Crippen molar-refractivity contribution in [1.82, 2.24) is 10.2 Å². The molecule has 0 aliphatic heterocycles. The van der Waals surface area contributed by atoms with Gasteiger partial charge in [-0.25, -0.2) is 8.42 Å². The van der Waals surface area contributed by atoms with Gasteiger partial charge in [0.15, 0.2) is 0 Å². The van der Waals surface area contributed by atoms with Crippen LogP contribution in [-0.4, -0.2) is 50.9 Å². The van der Waals surface area contributed by atoms with E-state index in [1.807, 2.05) is 0 Å². The van der Waals surface area contributed by atoms with Crippen LogP contribution in [0.3, 0.4) is 0 Å². The summed E-state index contributed by atoms with van der Waals surface area (Å²) in [5.74, 6) is -0.434. The molecule has 1 atom stereocenters. The number of ether oxygens (including phenoxy) is 1. The number of anilines is 1. The molecule has 0 unspecified atom stereocenters. The van der Waals surface area contributed by atoms with E-state index in [1.54, 1.807) is 67.6 Å². The Bertz CT molecular complexity index is 1480. The molecule has 0 saturated heterocycles. The van der Waals surface area contributed by atoms with Crippen LogP contribution in [0.15, 0.2) is 77.7 Å². The van der Waals surface area contributed by atoms with Crippen LogP contribution in [0.4, 0.5) is 5.69 Å². The van der Waals surface area contributed by atoms with Crippen LogP contribution < -0.4 is 14.4 Å². The van der Waals surface area contributed by atoms with E-state index in [2.05, 4.69) is 5.32 Å². The quantitative estimate of drug-likeness (QED) is 0.299. The third kappa shape index (κ3) is 7.52. The first kappa shape index (κ1) is 30.7. The first-order chi connectivity index (χ1) is 19.6. The van der Waals surface area contributed by atoms with E-state index >= 15 is 0 Å². The predicted molar refractivity (Wildman–Crippen MR) is 161 cm³/mol. The highest BCUT2D eigenvalue weighted by Crippen LogP contribution is 2.28. The molecule has 1 fully saturated rings. The van der Waals surface area contributed by atoms with Crippen LogP contribution in [0.2, 0.25) is 10.0 Å². The van der Waals surface area contributed by atoms with Gasteiger partial charge in [0, 0.05) is 18.7 Å². The number of sulfonamides is 1. The lowest BCUT2D eigenvalue weighted by molar-refractivity contribution is -0.139. The molecule has 3 aromatic carbocycles. The second-order valence-corrected chi connectivity index (χ2v) is 12.6. The second-order valence-electron chi connectivity index (χ2n) is 9.96. The van der Waals surface area contributed by atoms with Crippen molar-refractivity contribution in [2.75, 3.05) is 18.0 Å². The molecule has 0 bridgehead atoms. The molecule has 1 aliphatic rings. The van der Waals surface area contributed by atoms with E-state index < -0.39 is 28.5 Å². The van der Waals surface area contributed by atoms with Gasteiger partial charge < -0.3 is 15.0 Å². The molecule has 0 aromatic heterocycles. The van der Waals surface area contributed by atoms with Gasteiger partial charge in [-0.3, -0.25) is 13.9 Å². The summed E-state index contributed by atoms with van der Waals surface area (Å²) in [5.41, 5.74) is 0.895. The Labute approximate surface area is 251 Å². The number of rotatable bonds is 11. The lowest BCUT2D eigenvalue weighted by Crippen LogP contribution is -2.52. The number of benzene rings is 3. The average molecular weight is 619 g/mol. The lowest BCUT2D eigenvalue weighted by atomic mass is 10.1. The number of hydrogen-bond acceptors (Lipinski definition) is 5. The van der Waals surface area contributed by atoms with Gasteiger partial charge in [0.25, 0.3) is 10.0 Å². The Kier molecular flexibility index (Phi) is 10.2. The van der Waals surface area contributed by atoms with Gasteiger partial charge >= 0.3 is 0 Å². The molecular formula is C30H33Cl2N3O5S. The van der Waals surface area contributed by atoms with Crippen molar-refractivity contribution in [3.8, 4) is 5.75 Å². The Morgan fingerprint density at radius 1 is 0.976 bits per heavy atom. The SMILES string of the molecule is COc1cccc(N(CC(=O)N(Cc2ccc(Cl)c(Cl)c2)[C@@H](C)C(=O)NC2CCCC2)S(=O)(=O)c2ccccc2)c1. The number of hydrogen-bond donors (Lipinski definition) is 1. The minimum Gasteiger partial charge on any atom is -0.497 e. The largest absolute Gasteiger partial charge is 0.497 e. The summed E-state index contributed by atoms with van der Waals surface area (Å²) in [4.78, 5) is 28.8. The van der Waals surface area contributed by atoms with E-state index in [9.17, 15) is 18.0 Å². The van der Waals surface area contributed by atoms with Crippen molar-refractivity contribution in [3.05, 3.63) is 88.4 Å². The van der Waals surface area contributed by atoms with Gasteiger partial charge in [0.05, 0.1) is 27.7 Å². The standard InChI is InChI=1S/C30H33Cl2N3O5S/c1-21(30(37)33-23-9-6-7-10-23)34(19-22-15-16-27(31)28(32)17-22)29(36)20-35(24-11-8-12-25(18-24)40-2)41(38,39)26-13-4-3-5-14-26/h3-5,8,11-18,21,23H,6-7,9-10,19-20H2,1-2H3,(H,33,37)/t21-/m0/s1. The van der Waals surface area contributed by atoms with Gasteiger partial charge in [0.2, 0.25) is 11.8 Å². The summed E-state index contributed by atoms with van der Waals surface area (Å²) in [7, 11) is -2.69. The number of carbonyl (C=O) groups is 2. The molecule has 8 nitrogen and oxygen atoms in total. The number of halogens is 2. The van der Waals surface area contributed by atoms with E-state index in [-0.39, 0.29) is 29.1 Å². The molecule has 3 aromatic rings. The van der Waals surface area contributed by atoms with Crippen molar-refractivity contribution in [1.29, 1.82) is 0 Å². The smallest absolute Gasteiger partial charge is 0.264 e. The van der Waals surface area contributed by atoms with Crippen LogP contribution in [0.25, 0.3) is 0 Å². The van der Waals surface area contributed by atoms with E-state index in [1.165, 1.54) is 24.1 Å². The first-order valence-corrected chi connectivity index (χ1v) is 15.6. The molecule has 11 heteroatoms. The fourth-order valence-corrected chi connectivity index (χ4v) is 6.57. The van der Waals surface area contributed by atoms with Crippen LogP contribution in [0.5, 0.6) is 5.75 Å². The molecular weight excluding hydrogens is 585 g/mol. The second kappa shape index (κ2) is 13.6. The van der Waals surface area contributed by atoms with Crippen molar-refractivity contribution in [2.45, 2.75) is 56.1 Å². The molecule has 1 saturated carbocycles. The number of methoxy groups -OCH3 is 1. The maximum atomic E-state index is 14.0. The molecule has 4 rings (SSSR count). The fourth-order valence-electron chi connectivity index (χ4n) is 4.82. The maximum Gasteiger partial charge on any atom is 0.264 e. The number of carbonyl (C=O) groups excluding carboxylic acids is 2. The molecule has 41 heavy (non-hydrogen) atoms. The number of nitrogens with zero attached hydrogens (tertiary/aromatic N) is 2. The van der Waals surface area contributed by atoms with Gasteiger partial charge in [-0.15, -0.1) is 0 Å². The van der Waals surface area contributed by atoms with Crippen LogP contribution in [0.1, 0.15) is 38.2 Å². The third-order valence-electron chi connectivity index (χ3n) is 7.16. The van der Waals surface area contributed by atoms with Crippen LogP contribution in [0, 0.1) is 0 Å². The molecule has 0 spiro atoms. The summed E-state index contributed by atoms with van der Waals surface area (Å²) in [6.07, 6.45) is 3.85. The monoisotopic (exact) mass is 617 g/mol. The third-order valence-corrected chi connectivity index (χ3v) is 9.68. The highest BCUT2D eigenvalue weighted by molar-refractivity contribution is 7.92. The van der Waals surface area contributed by atoms with Gasteiger partial charge in [-0.1, -0.05) is 66.4 Å². The lowest BCUT2D eigenvalue weighted by Gasteiger charge is -2.32. The van der Waals surface area contributed by atoms with E-state index in [4.69, 9.17) is 27.9 Å². The molecule has 2 amide bonds. The van der Waals surface area contributed by atoms with Crippen molar-refractivity contribution >= 4 is 50.7 Å². The molecule has 0 radical (unpaired) electrons. The van der Waals surface area contributed by atoms with Crippen LogP contribution in [-0.2, 0) is 26.2 Å². The zero-order valence-electron chi connectivity index (χ0n) is 22.9. The average Bonchev–Trinajstić information content (AvgIpc) is 3.49. The summed E-state index contributed by atoms with van der Waals surface area (Å²) >= 11 is 12.3. The Morgan fingerprint density at radius 3 is 2.34 bits per heavy atom. The van der Waals surface area contributed by atoms with Crippen LogP contribution >= 0.6 is 23.2 Å². The summed E-state index contributed by atoms with van der Waals surface area (Å²) in [5, 5.41) is 3.72. The summed E-state index contributed by atoms with van der Waals surface area (Å²) in [6, 6.07) is 18.5. The Balaban J connectivity index is 1.70. The first-order valence-electron chi connectivity index (χ1n) is 13.4. The Morgan fingerprint density at radius 2 is 1.68 bits per heavy atom. The highest BCUT2D eigenvalue weighted by Gasteiger charge is 2.33. The van der Waals surface area contributed by atoms with Gasteiger partial charge in [0.1, 0.15) is 18.3 Å². The van der Waals surface area contributed by atoms with E-state index in [0.29, 0.717) is 21.4 Å². The van der Waals surface area contributed by atoms with Crippen molar-refractivity contribution in [2.24, 2.45) is 0 Å². The summed E-state index contributed by atoms with van der Waals surface area (Å²) < 4.78 is 34.1. The van der Waals surface area contributed by atoms with E-state index in [0.717, 1.165) is 30.0 Å². The minimum atomic E-state index is -4.17. The normalized spacial score (nSPS) is 14.3. The van der Waals surface area contributed by atoms with Gasteiger partial charge in [-0.2, -0.15) is 0 Å². The predicted octanol–water partition coefficient (Wildman–Crippen LogP) is 5.67. The molecule has 1 N–H and O–H groups in total. The zero-order chi connectivity index (χ0) is 29.6. The number of nitrogens with one attached hydrogen (secondary N) is 1. The Hall–Kier alpha value is -3.27. The molecule has 1 aliphatic carbocycles. The maximum absolute atomic E-state index is 14.0. The van der Waals surface area contributed by atoms with Crippen molar-refractivity contribution < 1.29 is 22.7 Å². The van der Waals surface area contributed by atoms with Crippen molar-refractivity contribution in [3.63, 3.8) is 0 Å². The highest BCUT2D eigenvalue weighted by atomic mass is 35.5.